The Bertz CT molecular complexity index is 1530. The monoisotopic (exact) mass is 535 g/mol. The van der Waals surface area contributed by atoms with Gasteiger partial charge < -0.3 is 20.1 Å². The summed E-state index contributed by atoms with van der Waals surface area (Å²) in [6.07, 6.45) is 0. The SMILES string of the molecule is COc1ccccc1NC(=O)C1=C(C)Nc2nc(-c3ccccc3OC)nn2C1c1ccc(Cl)c(Cl)c1. The van der Waals surface area contributed by atoms with Crippen LogP contribution in [0.3, 0.4) is 0 Å². The van der Waals surface area contributed by atoms with E-state index in [1.807, 2.05) is 49.4 Å². The van der Waals surface area contributed by atoms with E-state index in [9.17, 15) is 4.79 Å². The lowest BCUT2D eigenvalue weighted by Gasteiger charge is -2.29. The van der Waals surface area contributed by atoms with Crippen LogP contribution in [0.1, 0.15) is 18.5 Å². The number of aromatic nitrogens is 3. The molecule has 8 nitrogen and oxygen atoms in total. The Morgan fingerprint density at radius 3 is 2.41 bits per heavy atom. The van der Waals surface area contributed by atoms with Gasteiger partial charge in [0.1, 0.15) is 17.5 Å². The molecule has 1 atom stereocenters. The number of para-hydroxylation sites is 3. The van der Waals surface area contributed by atoms with E-state index < -0.39 is 6.04 Å². The lowest BCUT2D eigenvalue weighted by Crippen LogP contribution is -2.31. The minimum absolute atomic E-state index is 0.328. The van der Waals surface area contributed by atoms with E-state index in [2.05, 4.69) is 10.6 Å². The Kier molecular flexibility index (Phi) is 6.78. The van der Waals surface area contributed by atoms with E-state index in [4.69, 9.17) is 42.8 Å². The normalized spacial score (nSPS) is 14.6. The Morgan fingerprint density at radius 1 is 0.973 bits per heavy atom. The summed E-state index contributed by atoms with van der Waals surface area (Å²) in [5.74, 6) is 1.78. The average molecular weight is 536 g/mol. The van der Waals surface area contributed by atoms with Crippen LogP contribution in [-0.4, -0.2) is 34.9 Å². The zero-order valence-electron chi connectivity index (χ0n) is 20.3. The maximum absolute atomic E-state index is 13.8. The second-order valence-corrected chi connectivity index (χ2v) is 9.11. The van der Waals surface area contributed by atoms with Gasteiger partial charge >= 0.3 is 0 Å². The molecular formula is C27H23Cl2N5O3. The number of ether oxygens (including phenoxy) is 2. The second kappa shape index (κ2) is 10.2. The maximum Gasteiger partial charge on any atom is 0.255 e. The van der Waals surface area contributed by atoms with Crippen LogP contribution in [0.5, 0.6) is 11.5 Å². The molecule has 1 aromatic heterocycles. The van der Waals surface area contributed by atoms with Crippen LogP contribution in [0, 0.1) is 0 Å². The van der Waals surface area contributed by atoms with Crippen molar-refractivity contribution < 1.29 is 14.3 Å². The fraction of sp³-hybridized carbons (Fsp3) is 0.148. The molecule has 0 spiro atoms. The smallest absolute Gasteiger partial charge is 0.255 e. The number of hydrogen-bond acceptors (Lipinski definition) is 6. The van der Waals surface area contributed by atoms with Gasteiger partial charge in [-0.3, -0.25) is 4.79 Å². The Balaban J connectivity index is 1.63. The fourth-order valence-electron chi connectivity index (χ4n) is 4.32. The summed E-state index contributed by atoms with van der Waals surface area (Å²) in [4.78, 5) is 18.5. The van der Waals surface area contributed by atoms with Crippen molar-refractivity contribution in [2.75, 3.05) is 24.9 Å². The molecule has 2 N–H and O–H groups in total. The van der Waals surface area contributed by atoms with Crippen LogP contribution in [0.2, 0.25) is 10.0 Å². The topological polar surface area (TPSA) is 90.3 Å². The highest BCUT2D eigenvalue weighted by molar-refractivity contribution is 6.42. The summed E-state index contributed by atoms with van der Waals surface area (Å²) in [6.45, 7) is 1.82. The third-order valence-electron chi connectivity index (χ3n) is 6.06. The number of amides is 1. The van der Waals surface area contributed by atoms with Gasteiger partial charge in [0.25, 0.3) is 5.91 Å². The second-order valence-electron chi connectivity index (χ2n) is 8.30. The molecule has 0 bridgehead atoms. The molecule has 1 amide bonds. The van der Waals surface area contributed by atoms with Crippen molar-refractivity contribution in [1.82, 2.24) is 14.8 Å². The van der Waals surface area contributed by atoms with E-state index >= 15 is 0 Å². The molecule has 3 aromatic carbocycles. The van der Waals surface area contributed by atoms with E-state index in [0.29, 0.717) is 50.3 Å². The van der Waals surface area contributed by atoms with Crippen LogP contribution < -0.4 is 20.1 Å². The van der Waals surface area contributed by atoms with Crippen molar-refractivity contribution in [2.24, 2.45) is 0 Å². The van der Waals surface area contributed by atoms with Crippen molar-refractivity contribution >= 4 is 40.7 Å². The van der Waals surface area contributed by atoms with E-state index in [-0.39, 0.29) is 5.91 Å². The first-order valence-electron chi connectivity index (χ1n) is 11.4. The van der Waals surface area contributed by atoms with Gasteiger partial charge in [0.05, 0.1) is 41.1 Å². The predicted molar refractivity (Wildman–Crippen MR) is 145 cm³/mol. The molecule has 1 aliphatic heterocycles. The molecule has 37 heavy (non-hydrogen) atoms. The zero-order valence-corrected chi connectivity index (χ0v) is 21.8. The summed E-state index contributed by atoms with van der Waals surface area (Å²) < 4.78 is 12.6. The Labute approximate surface area is 223 Å². The van der Waals surface area contributed by atoms with Crippen LogP contribution in [-0.2, 0) is 4.79 Å². The third kappa shape index (κ3) is 4.61. The number of allylic oxidation sites excluding steroid dienone is 1. The standard InChI is InChI=1S/C27H23Cl2N5O3/c1-15-23(26(35)31-20-9-5-7-11-22(20)37-3)24(16-12-13-18(28)19(29)14-16)34-27(30-15)32-25(33-34)17-8-4-6-10-21(17)36-2/h4-14,24H,1-3H3,(H,31,35)(H,30,32,33). The summed E-state index contributed by atoms with van der Waals surface area (Å²) >= 11 is 12.6. The molecule has 0 saturated heterocycles. The van der Waals surface area contributed by atoms with Crippen LogP contribution in [0.4, 0.5) is 11.6 Å². The summed E-state index contributed by atoms with van der Waals surface area (Å²) in [5.41, 5.74) is 3.04. The first-order chi connectivity index (χ1) is 17.9. The number of halogens is 2. The van der Waals surface area contributed by atoms with Crippen molar-refractivity contribution in [3.8, 4) is 22.9 Å². The highest BCUT2D eigenvalue weighted by atomic mass is 35.5. The maximum atomic E-state index is 13.8. The predicted octanol–water partition coefficient (Wildman–Crippen LogP) is 6.20. The molecule has 4 aromatic rings. The van der Waals surface area contributed by atoms with Crippen LogP contribution >= 0.6 is 23.2 Å². The number of hydrogen-bond donors (Lipinski definition) is 2. The van der Waals surface area contributed by atoms with Crippen molar-refractivity contribution in [3.63, 3.8) is 0 Å². The number of anilines is 2. The number of benzene rings is 3. The number of rotatable bonds is 6. The number of methoxy groups -OCH3 is 2. The number of nitrogens with one attached hydrogen (secondary N) is 2. The van der Waals surface area contributed by atoms with E-state index in [1.54, 1.807) is 43.2 Å². The first-order valence-corrected chi connectivity index (χ1v) is 12.1. The number of nitrogens with zero attached hydrogens (tertiary/aromatic N) is 3. The zero-order chi connectivity index (χ0) is 26.1. The van der Waals surface area contributed by atoms with Gasteiger partial charge in [-0.2, -0.15) is 4.98 Å². The molecule has 188 valence electrons. The highest BCUT2D eigenvalue weighted by Gasteiger charge is 2.35. The summed E-state index contributed by atoms with van der Waals surface area (Å²) in [6, 6.07) is 19.3. The van der Waals surface area contributed by atoms with Gasteiger partial charge in [0, 0.05) is 5.70 Å². The molecular weight excluding hydrogens is 513 g/mol. The number of fused-ring (bicyclic) bond motifs is 1. The van der Waals surface area contributed by atoms with Gasteiger partial charge in [-0.25, -0.2) is 4.68 Å². The largest absolute Gasteiger partial charge is 0.496 e. The van der Waals surface area contributed by atoms with Crippen LogP contribution in [0.15, 0.2) is 78.0 Å². The molecule has 0 radical (unpaired) electrons. The molecule has 0 fully saturated rings. The van der Waals surface area contributed by atoms with Crippen molar-refractivity contribution in [1.29, 1.82) is 0 Å². The minimum atomic E-state index is -0.642. The summed E-state index contributed by atoms with van der Waals surface area (Å²) in [5, 5.41) is 11.8. The van der Waals surface area contributed by atoms with Gasteiger partial charge in [-0.15, -0.1) is 5.10 Å². The van der Waals surface area contributed by atoms with Gasteiger partial charge in [-0.1, -0.05) is 53.5 Å². The van der Waals surface area contributed by atoms with Gasteiger partial charge in [-0.05, 0) is 48.9 Å². The molecule has 0 saturated carbocycles. The molecule has 5 rings (SSSR count). The first kappa shape index (κ1) is 24.7. The Morgan fingerprint density at radius 2 is 1.68 bits per heavy atom. The lowest BCUT2D eigenvalue weighted by molar-refractivity contribution is -0.113. The van der Waals surface area contributed by atoms with Crippen molar-refractivity contribution in [2.45, 2.75) is 13.0 Å². The molecule has 10 heteroatoms. The molecule has 2 heterocycles. The highest BCUT2D eigenvalue weighted by Crippen LogP contribution is 2.40. The number of carbonyl (C=O) groups is 1. The van der Waals surface area contributed by atoms with Gasteiger partial charge in [0.15, 0.2) is 5.82 Å². The minimum Gasteiger partial charge on any atom is -0.496 e. The molecule has 1 aliphatic rings. The average Bonchev–Trinajstić information content (AvgIpc) is 3.33. The third-order valence-corrected chi connectivity index (χ3v) is 6.80. The quantitative estimate of drug-likeness (QED) is 0.305. The molecule has 1 unspecified atom stereocenters. The number of carbonyl (C=O) groups excluding carboxylic acids is 1. The van der Waals surface area contributed by atoms with Gasteiger partial charge in [0.2, 0.25) is 5.95 Å². The Hall–Kier alpha value is -4.01. The summed E-state index contributed by atoms with van der Waals surface area (Å²) in [7, 11) is 3.15. The van der Waals surface area contributed by atoms with E-state index in [1.165, 1.54) is 0 Å². The van der Waals surface area contributed by atoms with E-state index in [0.717, 1.165) is 11.1 Å². The van der Waals surface area contributed by atoms with Crippen molar-refractivity contribution in [3.05, 3.63) is 93.6 Å². The molecule has 0 aliphatic carbocycles. The van der Waals surface area contributed by atoms with Crippen LogP contribution in [0.25, 0.3) is 11.4 Å². The lowest BCUT2D eigenvalue weighted by atomic mass is 9.95. The fourth-order valence-corrected chi connectivity index (χ4v) is 4.62.